The molecule has 0 heterocycles. The number of nitrogens with one attached hydrogen (secondary N) is 1. The van der Waals surface area contributed by atoms with Gasteiger partial charge in [0.25, 0.3) is 5.91 Å². The lowest BCUT2D eigenvalue weighted by Gasteiger charge is -2.12. The van der Waals surface area contributed by atoms with E-state index in [1.54, 1.807) is 6.92 Å². The minimum absolute atomic E-state index is 0.0259. The van der Waals surface area contributed by atoms with Crippen LogP contribution in [0.1, 0.15) is 26.7 Å². The molecule has 0 aromatic rings. The Kier molecular flexibility index (Phi) is 9.74. The Morgan fingerprint density at radius 2 is 1.75 bits per heavy atom. The van der Waals surface area contributed by atoms with Gasteiger partial charge in [0.15, 0.2) is 5.12 Å². The van der Waals surface area contributed by atoms with Crippen LogP contribution in [-0.2, 0) is 24.0 Å². The molecule has 0 aromatic carbocycles. The average Bonchev–Trinajstić information content (AvgIpc) is 2.45. The number of carbonyl (C=O) groups is 5. The van der Waals surface area contributed by atoms with Crippen molar-refractivity contribution in [2.45, 2.75) is 32.7 Å². The van der Waals surface area contributed by atoms with E-state index >= 15 is 0 Å². The Labute approximate surface area is 143 Å². The average molecular weight is 354 g/mol. The monoisotopic (exact) mass is 354 g/mol. The Morgan fingerprint density at radius 3 is 2.25 bits per heavy atom. The quantitative estimate of drug-likeness (QED) is 0.218. The van der Waals surface area contributed by atoms with E-state index in [-0.39, 0.29) is 18.0 Å². The summed E-state index contributed by atoms with van der Waals surface area (Å²) in [7, 11) is 0. The first kappa shape index (κ1) is 21.3. The smallest absolute Gasteiger partial charge is 0.293 e. The second-order valence-electron chi connectivity index (χ2n) is 4.52. The molecule has 9 nitrogen and oxygen atoms in total. The number of carbonyl (C=O) groups excluding carboxylic acids is 5. The largest absolute Gasteiger partial charge is 0.370 e. The molecule has 1 atom stereocenters. The van der Waals surface area contributed by atoms with Crippen molar-refractivity contribution in [3.63, 3.8) is 0 Å². The van der Waals surface area contributed by atoms with E-state index in [2.05, 4.69) is 10.3 Å². The van der Waals surface area contributed by atoms with E-state index < -0.39 is 36.1 Å². The summed E-state index contributed by atoms with van der Waals surface area (Å²) < 4.78 is 0. The fourth-order valence-corrected chi connectivity index (χ4v) is 2.04. The van der Waals surface area contributed by atoms with Gasteiger partial charge in [-0.05, 0) is 31.0 Å². The molecule has 3 amide bonds. The minimum atomic E-state index is -0.985. The van der Waals surface area contributed by atoms with Gasteiger partial charge in [0.2, 0.25) is 17.6 Å². The molecule has 0 aliphatic rings. The van der Waals surface area contributed by atoms with Crippen LogP contribution in [0.3, 0.4) is 0 Å². The van der Waals surface area contributed by atoms with Crippen LogP contribution in [-0.4, -0.2) is 46.3 Å². The number of thioether (sulfide) groups is 1. The van der Waals surface area contributed by atoms with Gasteiger partial charge in [-0.1, -0.05) is 0 Å². The van der Waals surface area contributed by atoms with Crippen molar-refractivity contribution in [2.24, 2.45) is 16.5 Å². The van der Waals surface area contributed by atoms with Crippen molar-refractivity contribution in [3.8, 4) is 11.8 Å². The van der Waals surface area contributed by atoms with Crippen LogP contribution >= 0.6 is 11.8 Å². The van der Waals surface area contributed by atoms with Gasteiger partial charge in [-0.3, -0.25) is 29.0 Å². The summed E-state index contributed by atoms with van der Waals surface area (Å²) in [5.74, 6) is 0.893. The second-order valence-corrected chi connectivity index (χ2v) is 5.89. The first-order valence-corrected chi connectivity index (χ1v) is 7.56. The summed E-state index contributed by atoms with van der Waals surface area (Å²) in [6.45, 7) is 2.44. The molecule has 0 bridgehead atoms. The fraction of sp³-hybridized carbons (Fsp3) is 0.429. The molecular weight excluding hydrogens is 336 g/mol. The highest BCUT2D eigenvalue weighted by Gasteiger charge is 2.19. The lowest BCUT2D eigenvalue weighted by molar-refractivity contribution is -0.125. The number of primary amides is 2. The Hall–Kier alpha value is -2.67. The molecule has 0 saturated carbocycles. The number of nitrogens with two attached hydrogens (primary N) is 2. The third-order valence-electron chi connectivity index (χ3n) is 2.34. The van der Waals surface area contributed by atoms with Crippen molar-refractivity contribution >= 4 is 45.4 Å². The van der Waals surface area contributed by atoms with Gasteiger partial charge in [-0.15, -0.1) is 0 Å². The normalized spacial score (nSPS) is 11.7. The summed E-state index contributed by atoms with van der Waals surface area (Å²) in [4.78, 5) is 59.8. The number of nitrogens with zero attached hydrogens (tertiary/aromatic N) is 1. The van der Waals surface area contributed by atoms with E-state index in [4.69, 9.17) is 11.5 Å². The summed E-state index contributed by atoms with van der Waals surface area (Å²) >= 11 is 0.844. The molecule has 0 spiro atoms. The van der Waals surface area contributed by atoms with Gasteiger partial charge in [-0.2, -0.15) is 0 Å². The summed E-state index contributed by atoms with van der Waals surface area (Å²) in [5, 5.41) is 2.43. The van der Waals surface area contributed by atoms with Crippen molar-refractivity contribution in [1.29, 1.82) is 0 Å². The summed E-state index contributed by atoms with van der Waals surface area (Å²) in [5.41, 5.74) is 9.81. The molecule has 0 fully saturated rings. The SMILES string of the molecule is CC(=O)SC(C)=N[C@@H](CCC(N)=O)C(=O)NCC(=O)C#CC(N)=O. The van der Waals surface area contributed by atoms with Crippen LogP contribution in [0.4, 0.5) is 0 Å². The van der Waals surface area contributed by atoms with Gasteiger partial charge in [0.1, 0.15) is 6.04 Å². The summed E-state index contributed by atoms with van der Waals surface area (Å²) in [6, 6.07) is -0.985. The van der Waals surface area contributed by atoms with Crippen LogP contribution in [0, 0.1) is 11.8 Å². The highest BCUT2D eigenvalue weighted by atomic mass is 32.2. The predicted molar refractivity (Wildman–Crippen MR) is 88.6 cm³/mol. The predicted octanol–water partition coefficient (Wildman–Crippen LogP) is -1.51. The van der Waals surface area contributed by atoms with E-state index in [1.807, 2.05) is 11.8 Å². The van der Waals surface area contributed by atoms with Crippen LogP contribution < -0.4 is 16.8 Å². The topological polar surface area (TPSA) is 162 Å². The Morgan fingerprint density at radius 1 is 1.12 bits per heavy atom. The third kappa shape index (κ3) is 11.0. The standard InChI is InChI=1S/C14H18N4O5S/c1-8(24-9(2)19)18-11(4-6-13(16)22)14(23)17-7-10(20)3-5-12(15)21/h11H,4,6-7H2,1-2H3,(H2,15,21)(H2,16,22)(H,17,23)/t11-/m0/s1. The Balaban J connectivity index is 4.88. The molecule has 5 N–H and O–H groups in total. The maximum atomic E-state index is 12.1. The molecule has 0 saturated heterocycles. The zero-order chi connectivity index (χ0) is 18.7. The molecule has 0 radical (unpaired) electrons. The molecule has 130 valence electrons. The molecule has 0 aliphatic heterocycles. The molecule has 0 unspecified atom stereocenters. The first-order chi connectivity index (χ1) is 11.1. The summed E-state index contributed by atoms with van der Waals surface area (Å²) in [6.07, 6.45) is -0.0623. The lowest BCUT2D eigenvalue weighted by Crippen LogP contribution is -2.37. The van der Waals surface area contributed by atoms with E-state index in [0.717, 1.165) is 11.8 Å². The Bertz CT molecular complexity index is 633. The maximum Gasteiger partial charge on any atom is 0.293 e. The number of hydrogen-bond donors (Lipinski definition) is 3. The van der Waals surface area contributed by atoms with Gasteiger partial charge < -0.3 is 16.8 Å². The minimum Gasteiger partial charge on any atom is -0.370 e. The fourth-order valence-electron chi connectivity index (χ4n) is 1.45. The van der Waals surface area contributed by atoms with Crippen molar-refractivity contribution < 1.29 is 24.0 Å². The zero-order valence-corrected chi connectivity index (χ0v) is 14.1. The number of rotatable bonds is 7. The maximum absolute atomic E-state index is 12.1. The first-order valence-electron chi connectivity index (χ1n) is 6.75. The molecule has 24 heavy (non-hydrogen) atoms. The number of aliphatic imine (C=N–C) groups is 1. The number of Topliss-reactive ketones (excluding diaryl/α,β-unsaturated/α-hetero) is 1. The van der Waals surface area contributed by atoms with Gasteiger partial charge in [0, 0.05) is 19.3 Å². The van der Waals surface area contributed by atoms with E-state index in [0.29, 0.717) is 5.04 Å². The molecule has 0 rings (SSSR count). The zero-order valence-electron chi connectivity index (χ0n) is 13.3. The van der Waals surface area contributed by atoms with Gasteiger partial charge >= 0.3 is 0 Å². The number of amides is 3. The number of ketones is 1. The van der Waals surface area contributed by atoms with Crippen LogP contribution in [0.25, 0.3) is 0 Å². The van der Waals surface area contributed by atoms with Crippen molar-refractivity contribution in [3.05, 3.63) is 0 Å². The van der Waals surface area contributed by atoms with Gasteiger partial charge in [-0.25, -0.2) is 0 Å². The molecule has 0 aromatic heterocycles. The lowest BCUT2D eigenvalue weighted by atomic mass is 10.1. The third-order valence-corrected chi connectivity index (χ3v) is 3.03. The van der Waals surface area contributed by atoms with E-state index in [1.165, 1.54) is 6.92 Å². The second kappa shape index (κ2) is 11.0. The number of hydrogen-bond acceptors (Lipinski definition) is 7. The van der Waals surface area contributed by atoms with Gasteiger partial charge in [0.05, 0.1) is 11.6 Å². The molecule has 10 heteroatoms. The highest BCUT2D eigenvalue weighted by molar-refractivity contribution is 8.26. The molecular formula is C14H18N4O5S. The molecule has 0 aliphatic carbocycles. The van der Waals surface area contributed by atoms with Crippen molar-refractivity contribution in [2.75, 3.05) is 6.54 Å². The van der Waals surface area contributed by atoms with Crippen LogP contribution in [0.15, 0.2) is 4.99 Å². The highest BCUT2D eigenvalue weighted by Crippen LogP contribution is 2.10. The van der Waals surface area contributed by atoms with Crippen LogP contribution in [0.5, 0.6) is 0 Å². The van der Waals surface area contributed by atoms with Crippen LogP contribution in [0.2, 0.25) is 0 Å². The van der Waals surface area contributed by atoms with E-state index in [9.17, 15) is 24.0 Å². The van der Waals surface area contributed by atoms with Crippen molar-refractivity contribution in [1.82, 2.24) is 5.32 Å².